The van der Waals surface area contributed by atoms with Crippen LogP contribution in [0, 0.1) is 0 Å². The van der Waals surface area contributed by atoms with Crippen molar-refractivity contribution in [3.05, 3.63) is 29.3 Å². The smallest absolute Gasteiger partial charge is 0.322 e. The Balaban J connectivity index is 1.30. The lowest BCUT2D eigenvalue weighted by Crippen LogP contribution is -2.54. The molecular formula is C20H26ClN5O5S. The molecule has 3 aliphatic rings. The number of hydrogen-bond donors (Lipinski definition) is 2. The number of nitrogens with one attached hydrogen (secondary N) is 2. The zero-order chi connectivity index (χ0) is 22.9. The second kappa shape index (κ2) is 8.97. The van der Waals surface area contributed by atoms with E-state index in [4.69, 9.17) is 11.6 Å². The Hall–Kier alpha value is -2.21. The summed E-state index contributed by atoms with van der Waals surface area (Å²) in [7, 11) is -3.64. The normalized spacial score (nSPS) is 22.2. The Morgan fingerprint density at radius 2 is 1.66 bits per heavy atom. The van der Waals surface area contributed by atoms with Gasteiger partial charge in [0.1, 0.15) is 5.54 Å². The summed E-state index contributed by atoms with van der Waals surface area (Å²) in [6.07, 6.45) is 3.90. The Kier molecular flexibility index (Phi) is 6.44. The van der Waals surface area contributed by atoms with Gasteiger partial charge in [-0.1, -0.05) is 30.9 Å². The largest absolute Gasteiger partial charge is 0.344 e. The molecule has 1 aliphatic carbocycles. The average molecular weight is 484 g/mol. The van der Waals surface area contributed by atoms with Crippen molar-refractivity contribution in [2.45, 2.75) is 42.5 Å². The second-order valence-electron chi connectivity index (χ2n) is 8.38. The molecule has 4 amide bonds. The van der Waals surface area contributed by atoms with Gasteiger partial charge in [-0.3, -0.25) is 19.9 Å². The van der Waals surface area contributed by atoms with Gasteiger partial charge >= 0.3 is 6.03 Å². The lowest BCUT2D eigenvalue weighted by molar-refractivity contribution is -0.140. The standard InChI is InChI=1S/C20H26ClN5O5S/c21-15-4-6-16(7-5-15)32(30,31)25-12-10-24(11-13-25)14-17(27)23-26-18(28)20(22-19(26)29)8-2-1-3-9-20/h4-7H,1-3,8-14H2,(H,22,29)(H,23,27). The van der Waals surface area contributed by atoms with E-state index in [2.05, 4.69) is 10.7 Å². The number of carbonyl (C=O) groups excluding carboxylic acids is 3. The summed E-state index contributed by atoms with van der Waals surface area (Å²) in [5.74, 6) is -0.898. The number of nitrogens with zero attached hydrogens (tertiary/aromatic N) is 3. The minimum Gasteiger partial charge on any atom is -0.322 e. The van der Waals surface area contributed by atoms with Crippen LogP contribution in [0.2, 0.25) is 5.02 Å². The molecule has 3 fully saturated rings. The summed E-state index contributed by atoms with van der Waals surface area (Å²) in [4.78, 5) is 39.5. The molecule has 12 heteroatoms. The molecule has 2 saturated heterocycles. The van der Waals surface area contributed by atoms with Crippen molar-refractivity contribution < 1.29 is 22.8 Å². The maximum Gasteiger partial charge on any atom is 0.344 e. The van der Waals surface area contributed by atoms with Crippen LogP contribution in [0.3, 0.4) is 0 Å². The van der Waals surface area contributed by atoms with Gasteiger partial charge in [0, 0.05) is 31.2 Å². The molecule has 32 heavy (non-hydrogen) atoms. The quantitative estimate of drug-likeness (QED) is 0.601. The summed E-state index contributed by atoms with van der Waals surface area (Å²) >= 11 is 5.83. The molecule has 10 nitrogen and oxygen atoms in total. The highest BCUT2D eigenvalue weighted by Crippen LogP contribution is 2.33. The van der Waals surface area contributed by atoms with Crippen molar-refractivity contribution in [3.8, 4) is 0 Å². The predicted octanol–water partition coefficient (Wildman–Crippen LogP) is 0.932. The first kappa shape index (κ1) is 23.0. The van der Waals surface area contributed by atoms with E-state index in [9.17, 15) is 22.8 Å². The first-order valence-corrected chi connectivity index (χ1v) is 12.5. The molecule has 0 atom stereocenters. The molecule has 0 aromatic heterocycles. The van der Waals surface area contributed by atoms with Gasteiger partial charge in [-0.15, -0.1) is 0 Å². The van der Waals surface area contributed by atoms with Crippen molar-refractivity contribution in [1.29, 1.82) is 0 Å². The fourth-order valence-electron chi connectivity index (χ4n) is 4.46. The van der Waals surface area contributed by atoms with Gasteiger partial charge in [-0.05, 0) is 37.1 Å². The third-order valence-electron chi connectivity index (χ3n) is 6.26. The lowest BCUT2D eigenvalue weighted by atomic mass is 9.82. The van der Waals surface area contributed by atoms with Gasteiger partial charge in [-0.25, -0.2) is 13.2 Å². The summed E-state index contributed by atoms with van der Waals surface area (Å²) in [6, 6.07) is 5.39. The maximum atomic E-state index is 12.8. The zero-order valence-corrected chi connectivity index (χ0v) is 19.1. The molecule has 2 heterocycles. The molecule has 0 bridgehead atoms. The van der Waals surface area contributed by atoms with Gasteiger partial charge < -0.3 is 5.32 Å². The van der Waals surface area contributed by atoms with Crippen molar-refractivity contribution in [2.75, 3.05) is 32.7 Å². The molecule has 0 unspecified atom stereocenters. The van der Waals surface area contributed by atoms with E-state index < -0.39 is 33.4 Å². The number of rotatable bonds is 5. The molecule has 4 rings (SSSR count). The summed E-state index contributed by atoms with van der Waals surface area (Å²) in [5.41, 5.74) is 1.52. The van der Waals surface area contributed by atoms with E-state index in [1.54, 1.807) is 4.90 Å². The number of hydrazine groups is 1. The van der Waals surface area contributed by atoms with Crippen LogP contribution in [0.5, 0.6) is 0 Å². The number of hydrogen-bond acceptors (Lipinski definition) is 6. The van der Waals surface area contributed by atoms with Crippen molar-refractivity contribution in [1.82, 2.24) is 25.0 Å². The Labute approximate surface area is 191 Å². The van der Waals surface area contributed by atoms with Crippen LogP contribution in [0.1, 0.15) is 32.1 Å². The van der Waals surface area contributed by atoms with Crippen molar-refractivity contribution >= 4 is 39.5 Å². The number of benzene rings is 1. The Bertz CT molecular complexity index is 1000. The van der Waals surface area contributed by atoms with Gasteiger partial charge in [0.25, 0.3) is 11.8 Å². The predicted molar refractivity (Wildman–Crippen MR) is 116 cm³/mol. The molecule has 1 aromatic carbocycles. The van der Waals surface area contributed by atoms with Gasteiger partial charge in [0.05, 0.1) is 11.4 Å². The highest BCUT2D eigenvalue weighted by molar-refractivity contribution is 7.89. The molecule has 174 valence electrons. The minimum absolute atomic E-state index is 0.0428. The third-order valence-corrected chi connectivity index (χ3v) is 8.42. The molecule has 2 aliphatic heterocycles. The second-order valence-corrected chi connectivity index (χ2v) is 10.8. The molecule has 0 radical (unpaired) electrons. The summed E-state index contributed by atoms with van der Waals surface area (Å²) in [5, 5.41) is 3.99. The zero-order valence-electron chi connectivity index (χ0n) is 17.5. The number of imide groups is 1. The fraction of sp³-hybridized carbons (Fsp3) is 0.550. The van der Waals surface area contributed by atoms with E-state index >= 15 is 0 Å². The number of urea groups is 1. The highest BCUT2D eigenvalue weighted by Gasteiger charge is 2.52. The monoisotopic (exact) mass is 483 g/mol. The minimum atomic E-state index is -3.64. The first-order chi connectivity index (χ1) is 15.2. The highest BCUT2D eigenvalue weighted by atomic mass is 35.5. The van der Waals surface area contributed by atoms with Crippen LogP contribution in [0.15, 0.2) is 29.2 Å². The molecular weight excluding hydrogens is 458 g/mol. The fourth-order valence-corrected chi connectivity index (χ4v) is 6.01. The van der Waals surface area contributed by atoms with Crippen LogP contribution in [0.25, 0.3) is 0 Å². The van der Waals surface area contributed by atoms with E-state index in [1.165, 1.54) is 28.6 Å². The summed E-state index contributed by atoms with van der Waals surface area (Å²) < 4.78 is 26.9. The van der Waals surface area contributed by atoms with Crippen LogP contribution < -0.4 is 10.7 Å². The van der Waals surface area contributed by atoms with Gasteiger partial charge in [-0.2, -0.15) is 9.31 Å². The van der Waals surface area contributed by atoms with Crippen molar-refractivity contribution in [3.63, 3.8) is 0 Å². The molecule has 1 saturated carbocycles. The molecule has 1 spiro atoms. The van der Waals surface area contributed by atoms with Gasteiger partial charge in [0.15, 0.2) is 0 Å². The van der Waals surface area contributed by atoms with E-state index in [0.717, 1.165) is 24.3 Å². The Morgan fingerprint density at radius 3 is 2.28 bits per heavy atom. The van der Waals surface area contributed by atoms with Gasteiger partial charge in [0.2, 0.25) is 10.0 Å². The Morgan fingerprint density at radius 1 is 1.03 bits per heavy atom. The van der Waals surface area contributed by atoms with Crippen LogP contribution in [-0.4, -0.2) is 78.7 Å². The van der Waals surface area contributed by atoms with Crippen LogP contribution in [-0.2, 0) is 19.6 Å². The number of halogens is 1. The van der Waals surface area contributed by atoms with Crippen LogP contribution in [0.4, 0.5) is 4.79 Å². The number of piperazine rings is 1. The number of carbonyl (C=O) groups is 3. The molecule has 1 aromatic rings. The number of amides is 4. The SMILES string of the molecule is O=C(CN1CCN(S(=O)(=O)c2ccc(Cl)cc2)CC1)NN1C(=O)NC2(CCCCC2)C1=O. The van der Waals surface area contributed by atoms with Crippen molar-refractivity contribution in [2.24, 2.45) is 0 Å². The average Bonchev–Trinajstić information content (AvgIpc) is 2.98. The molecule has 2 N–H and O–H groups in total. The first-order valence-electron chi connectivity index (χ1n) is 10.7. The maximum absolute atomic E-state index is 12.8. The van der Waals surface area contributed by atoms with E-state index in [-0.39, 0.29) is 24.5 Å². The number of sulfonamides is 1. The van der Waals surface area contributed by atoms with Crippen LogP contribution >= 0.6 is 11.6 Å². The van der Waals surface area contributed by atoms with E-state index in [1.807, 2.05) is 0 Å². The van der Waals surface area contributed by atoms with E-state index in [0.29, 0.717) is 31.0 Å². The third kappa shape index (κ3) is 4.47. The lowest BCUT2D eigenvalue weighted by Gasteiger charge is -2.33. The topological polar surface area (TPSA) is 119 Å². The summed E-state index contributed by atoms with van der Waals surface area (Å²) in [6.45, 7) is 1.11.